The van der Waals surface area contributed by atoms with E-state index in [-0.39, 0.29) is 21.5 Å². The SMILES string of the molecule is OC(CS)C(O)c1c(Cl)ccnc1Cl. The molecular formula is C8H9Cl2NO2S. The molecule has 0 aromatic carbocycles. The molecule has 0 fully saturated rings. The smallest absolute Gasteiger partial charge is 0.136 e. The Balaban J connectivity index is 3.05. The van der Waals surface area contributed by atoms with Gasteiger partial charge in [-0.1, -0.05) is 23.2 Å². The Morgan fingerprint density at radius 3 is 2.57 bits per heavy atom. The minimum atomic E-state index is -1.17. The van der Waals surface area contributed by atoms with Crippen LogP contribution in [0.25, 0.3) is 0 Å². The molecule has 3 nitrogen and oxygen atoms in total. The summed E-state index contributed by atoms with van der Waals surface area (Å²) in [5.41, 5.74) is 0.234. The Labute approximate surface area is 97.1 Å². The van der Waals surface area contributed by atoms with Crippen LogP contribution in [0.5, 0.6) is 0 Å². The number of hydrogen-bond acceptors (Lipinski definition) is 4. The molecule has 0 aliphatic carbocycles. The lowest BCUT2D eigenvalue weighted by molar-refractivity contribution is 0.0337. The Morgan fingerprint density at radius 1 is 1.43 bits per heavy atom. The fourth-order valence-electron chi connectivity index (χ4n) is 0.982. The van der Waals surface area contributed by atoms with Crippen LogP contribution in [0.15, 0.2) is 12.3 Å². The van der Waals surface area contributed by atoms with Crippen molar-refractivity contribution in [2.75, 3.05) is 5.75 Å². The summed E-state index contributed by atoms with van der Waals surface area (Å²) in [5, 5.41) is 19.4. The van der Waals surface area contributed by atoms with E-state index in [4.69, 9.17) is 23.2 Å². The molecule has 0 spiro atoms. The molecule has 1 aromatic heterocycles. The second-order valence-corrected chi connectivity index (χ2v) is 3.82. The zero-order valence-corrected chi connectivity index (χ0v) is 9.47. The number of aliphatic hydroxyl groups is 2. The van der Waals surface area contributed by atoms with Gasteiger partial charge in [0.2, 0.25) is 0 Å². The van der Waals surface area contributed by atoms with Gasteiger partial charge in [-0.15, -0.1) is 0 Å². The molecule has 0 bridgehead atoms. The molecule has 6 heteroatoms. The van der Waals surface area contributed by atoms with E-state index in [1.54, 1.807) is 0 Å². The highest BCUT2D eigenvalue weighted by atomic mass is 35.5. The number of hydrogen-bond donors (Lipinski definition) is 3. The summed E-state index contributed by atoms with van der Waals surface area (Å²) >= 11 is 15.4. The molecule has 1 rings (SSSR count). The van der Waals surface area contributed by atoms with Crippen molar-refractivity contribution in [2.45, 2.75) is 12.2 Å². The van der Waals surface area contributed by atoms with Crippen LogP contribution < -0.4 is 0 Å². The predicted octanol–water partition coefficient (Wildman–Crippen LogP) is 1.71. The second-order valence-electron chi connectivity index (χ2n) is 2.69. The van der Waals surface area contributed by atoms with Crippen molar-refractivity contribution in [3.05, 3.63) is 28.0 Å². The molecule has 78 valence electrons. The highest BCUT2D eigenvalue weighted by molar-refractivity contribution is 7.80. The lowest BCUT2D eigenvalue weighted by atomic mass is 10.1. The van der Waals surface area contributed by atoms with Gasteiger partial charge in [0.1, 0.15) is 11.3 Å². The summed E-state index contributed by atoms with van der Waals surface area (Å²) in [7, 11) is 0. The van der Waals surface area contributed by atoms with E-state index in [0.29, 0.717) is 0 Å². The van der Waals surface area contributed by atoms with Gasteiger partial charge in [-0.25, -0.2) is 4.98 Å². The Bertz CT molecular complexity index is 304. The van der Waals surface area contributed by atoms with Crippen LogP contribution in [-0.2, 0) is 0 Å². The van der Waals surface area contributed by atoms with Crippen LogP contribution in [0.3, 0.4) is 0 Å². The van der Waals surface area contributed by atoms with Crippen LogP contribution in [-0.4, -0.2) is 27.1 Å². The molecule has 0 saturated heterocycles. The highest BCUT2D eigenvalue weighted by Gasteiger charge is 2.22. The zero-order valence-electron chi connectivity index (χ0n) is 7.06. The Hall–Kier alpha value is -0.0000000000000000555. The lowest BCUT2D eigenvalue weighted by Gasteiger charge is -2.17. The lowest BCUT2D eigenvalue weighted by Crippen LogP contribution is -2.20. The van der Waals surface area contributed by atoms with Crippen molar-refractivity contribution in [3.8, 4) is 0 Å². The fourth-order valence-corrected chi connectivity index (χ4v) is 1.76. The topological polar surface area (TPSA) is 53.4 Å². The van der Waals surface area contributed by atoms with Gasteiger partial charge in [0.05, 0.1) is 11.1 Å². The molecule has 14 heavy (non-hydrogen) atoms. The van der Waals surface area contributed by atoms with Crippen molar-refractivity contribution in [1.82, 2.24) is 4.98 Å². The number of rotatable bonds is 3. The first-order valence-corrected chi connectivity index (χ1v) is 5.23. The Morgan fingerprint density at radius 2 is 2.07 bits per heavy atom. The van der Waals surface area contributed by atoms with Gasteiger partial charge in [0.25, 0.3) is 0 Å². The van der Waals surface area contributed by atoms with Gasteiger partial charge in [-0.3, -0.25) is 0 Å². The first-order valence-electron chi connectivity index (χ1n) is 3.84. The van der Waals surface area contributed by atoms with Crippen LogP contribution in [0.4, 0.5) is 0 Å². The minimum Gasteiger partial charge on any atom is -0.389 e. The third-order valence-electron chi connectivity index (χ3n) is 1.74. The average Bonchev–Trinajstić information content (AvgIpc) is 2.16. The zero-order chi connectivity index (χ0) is 10.7. The summed E-state index contributed by atoms with van der Waals surface area (Å²) in [6.07, 6.45) is -0.757. The molecule has 1 heterocycles. The standard InChI is InChI=1S/C8H9Cl2NO2S/c9-4-1-2-11-8(10)6(4)7(13)5(12)3-14/h1-2,5,7,12-14H,3H2. The van der Waals surface area contributed by atoms with Gasteiger partial charge in [0, 0.05) is 17.5 Å². The van der Waals surface area contributed by atoms with E-state index in [2.05, 4.69) is 17.6 Å². The van der Waals surface area contributed by atoms with Gasteiger partial charge >= 0.3 is 0 Å². The highest BCUT2D eigenvalue weighted by Crippen LogP contribution is 2.30. The number of aliphatic hydroxyl groups excluding tert-OH is 2. The van der Waals surface area contributed by atoms with E-state index in [0.717, 1.165) is 0 Å². The second kappa shape index (κ2) is 5.19. The number of nitrogens with zero attached hydrogens (tertiary/aromatic N) is 1. The van der Waals surface area contributed by atoms with E-state index >= 15 is 0 Å². The van der Waals surface area contributed by atoms with Gasteiger partial charge in [-0.05, 0) is 6.07 Å². The molecule has 0 radical (unpaired) electrons. The van der Waals surface area contributed by atoms with Crippen LogP contribution >= 0.6 is 35.8 Å². The Kier molecular flexibility index (Phi) is 4.47. The van der Waals surface area contributed by atoms with Crippen molar-refractivity contribution < 1.29 is 10.2 Å². The first-order chi connectivity index (χ1) is 6.57. The average molecular weight is 254 g/mol. The van der Waals surface area contributed by atoms with Crippen molar-refractivity contribution >= 4 is 35.8 Å². The van der Waals surface area contributed by atoms with Crippen LogP contribution in [0.2, 0.25) is 10.2 Å². The summed E-state index contributed by atoms with van der Waals surface area (Å²) in [4.78, 5) is 3.76. The fraction of sp³-hybridized carbons (Fsp3) is 0.375. The quantitative estimate of drug-likeness (QED) is 0.568. The van der Waals surface area contributed by atoms with E-state index < -0.39 is 12.2 Å². The molecule has 0 amide bonds. The van der Waals surface area contributed by atoms with E-state index in [1.807, 2.05) is 0 Å². The minimum absolute atomic E-state index is 0.0887. The first kappa shape index (κ1) is 12.1. The molecule has 0 aliphatic rings. The van der Waals surface area contributed by atoms with Gasteiger partial charge in [-0.2, -0.15) is 12.6 Å². The van der Waals surface area contributed by atoms with Crippen molar-refractivity contribution in [1.29, 1.82) is 0 Å². The van der Waals surface area contributed by atoms with E-state index in [9.17, 15) is 10.2 Å². The predicted molar refractivity (Wildman–Crippen MR) is 59.1 cm³/mol. The largest absolute Gasteiger partial charge is 0.389 e. The normalized spacial score (nSPS) is 15.2. The number of halogens is 2. The summed E-state index contributed by atoms with van der Waals surface area (Å²) in [6, 6.07) is 1.50. The third kappa shape index (κ3) is 2.52. The maximum Gasteiger partial charge on any atom is 0.136 e. The monoisotopic (exact) mass is 253 g/mol. The molecule has 2 atom stereocenters. The van der Waals surface area contributed by atoms with Gasteiger partial charge < -0.3 is 10.2 Å². The number of pyridine rings is 1. The maximum absolute atomic E-state index is 9.64. The molecule has 1 aromatic rings. The molecule has 2 N–H and O–H groups in total. The summed E-state index contributed by atoms with van der Waals surface area (Å²) in [5.74, 6) is 0.114. The number of aromatic nitrogens is 1. The van der Waals surface area contributed by atoms with Crippen LogP contribution in [0.1, 0.15) is 11.7 Å². The molecule has 2 unspecified atom stereocenters. The number of thiol groups is 1. The molecule has 0 saturated carbocycles. The molecular weight excluding hydrogens is 245 g/mol. The third-order valence-corrected chi connectivity index (χ3v) is 2.74. The van der Waals surface area contributed by atoms with Crippen molar-refractivity contribution in [3.63, 3.8) is 0 Å². The molecule has 0 aliphatic heterocycles. The summed E-state index contributed by atoms with van der Waals surface area (Å²) in [6.45, 7) is 0. The van der Waals surface area contributed by atoms with Crippen molar-refractivity contribution in [2.24, 2.45) is 0 Å². The van der Waals surface area contributed by atoms with E-state index in [1.165, 1.54) is 12.3 Å². The summed E-state index contributed by atoms with van der Waals surface area (Å²) < 4.78 is 0. The van der Waals surface area contributed by atoms with Gasteiger partial charge in [0.15, 0.2) is 0 Å². The van der Waals surface area contributed by atoms with Crippen LogP contribution in [0, 0.1) is 0 Å². The maximum atomic E-state index is 9.64.